The molecule has 62 valence electrons. The third kappa shape index (κ3) is 1.19. The van der Waals surface area contributed by atoms with Crippen molar-refractivity contribution in [2.45, 2.75) is 36.6 Å². The molecule has 3 heteroatoms. The van der Waals surface area contributed by atoms with Crippen LogP contribution in [0.25, 0.3) is 0 Å². The van der Waals surface area contributed by atoms with Gasteiger partial charge in [-0.05, 0) is 25.7 Å². The van der Waals surface area contributed by atoms with Gasteiger partial charge in [0.2, 0.25) is 5.91 Å². The number of halogens is 1. The van der Waals surface area contributed by atoms with Crippen molar-refractivity contribution in [3.63, 3.8) is 0 Å². The zero-order valence-electron chi connectivity index (χ0n) is 6.42. The van der Waals surface area contributed by atoms with Crippen molar-refractivity contribution >= 4 is 21.8 Å². The maximum atomic E-state index is 11.4. The average molecular weight is 218 g/mol. The normalized spacial score (nSPS) is 32.6. The monoisotopic (exact) mass is 217 g/mol. The lowest BCUT2D eigenvalue weighted by molar-refractivity contribution is -0.130. The summed E-state index contributed by atoms with van der Waals surface area (Å²) in [7, 11) is 0. The number of hydrogen-bond acceptors (Lipinski definition) is 1. The number of carbonyl (C=O) groups excluding carboxylic acids is 1. The van der Waals surface area contributed by atoms with E-state index >= 15 is 0 Å². The van der Waals surface area contributed by atoms with Crippen LogP contribution in [-0.4, -0.2) is 28.2 Å². The van der Waals surface area contributed by atoms with Crippen molar-refractivity contribution in [2.24, 2.45) is 0 Å². The van der Waals surface area contributed by atoms with Gasteiger partial charge in [-0.1, -0.05) is 15.9 Å². The largest absolute Gasteiger partial charge is 0.339 e. The molecule has 2 nitrogen and oxygen atoms in total. The van der Waals surface area contributed by atoms with E-state index in [1.54, 1.807) is 0 Å². The van der Waals surface area contributed by atoms with Gasteiger partial charge in [-0.2, -0.15) is 0 Å². The maximum Gasteiger partial charge on any atom is 0.236 e. The Bertz CT molecular complexity index is 179. The summed E-state index contributed by atoms with van der Waals surface area (Å²) in [5.74, 6) is 0.315. The lowest BCUT2D eigenvalue weighted by atomic mass is 9.92. The molecule has 11 heavy (non-hydrogen) atoms. The van der Waals surface area contributed by atoms with E-state index in [2.05, 4.69) is 15.9 Å². The molecule has 1 amide bonds. The van der Waals surface area contributed by atoms with Crippen molar-refractivity contribution in [1.82, 2.24) is 4.90 Å². The molecule has 0 spiro atoms. The molecule has 0 aromatic carbocycles. The molecular weight excluding hydrogens is 206 g/mol. The Balaban J connectivity index is 1.98. The van der Waals surface area contributed by atoms with Gasteiger partial charge in [0.15, 0.2) is 0 Å². The van der Waals surface area contributed by atoms with Gasteiger partial charge in [0, 0.05) is 12.6 Å². The van der Waals surface area contributed by atoms with Crippen LogP contribution < -0.4 is 0 Å². The first-order chi connectivity index (χ1) is 5.29. The zero-order valence-corrected chi connectivity index (χ0v) is 8.01. The molecular formula is C8H12BrNO. The number of nitrogens with zero attached hydrogens (tertiary/aromatic N) is 1. The van der Waals surface area contributed by atoms with Crippen molar-refractivity contribution in [3.05, 3.63) is 0 Å². The summed E-state index contributed by atoms with van der Waals surface area (Å²) in [6.45, 7) is 0.972. The molecule has 1 saturated heterocycles. The highest BCUT2D eigenvalue weighted by Crippen LogP contribution is 2.30. The summed E-state index contributed by atoms with van der Waals surface area (Å²) >= 11 is 3.37. The highest BCUT2D eigenvalue weighted by atomic mass is 79.9. The van der Waals surface area contributed by atoms with E-state index in [1.807, 2.05) is 4.90 Å². The van der Waals surface area contributed by atoms with Crippen LogP contribution in [0.4, 0.5) is 0 Å². The van der Waals surface area contributed by atoms with Gasteiger partial charge in [0.25, 0.3) is 0 Å². The smallest absolute Gasteiger partial charge is 0.236 e. The van der Waals surface area contributed by atoms with Crippen LogP contribution in [0, 0.1) is 0 Å². The first-order valence-electron chi connectivity index (χ1n) is 4.23. The van der Waals surface area contributed by atoms with Crippen LogP contribution in [0.15, 0.2) is 0 Å². The first kappa shape index (κ1) is 7.59. The van der Waals surface area contributed by atoms with Crippen LogP contribution in [0.5, 0.6) is 0 Å². The summed E-state index contributed by atoms with van der Waals surface area (Å²) in [5.41, 5.74) is 0. The second kappa shape index (κ2) is 2.77. The van der Waals surface area contributed by atoms with Gasteiger partial charge in [0.1, 0.15) is 0 Å². The zero-order chi connectivity index (χ0) is 7.84. The Morgan fingerprint density at radius 2 is 2.09 bits per heavy atom. The quantitative estimate of drug-likeness (QED) is 0.611. The summed E-state index contributed by atoms with van der Waals surface area (Å²) in [5, 5.41) is 0. The number of alkyl halides is 1. The number of hydrogen-bond donors (Lipinski definition) is 0. The highest BCUT2D eigenvalue weighted by molar-refractivity contribution is 9.10. The van der Waals surface area contributed by atoms with E-state index in [0.29, 0.717) is 11.9 Å². The van der Waals surface area contributed by atoms with Crippen molar-refractivity contribution in [3.8, 4) is 0 Å². The minimum absolute atomic E-state index is 0.114. The van der Waals surface area contributed by atoms with Gasteiger partial charge in [-0.3, -0.25) is 4.79 Å². The van der Waals surface area contributed by atoms with Gasteiger partial charge in [0.05, 0.1) is 4.83 Å². The van der Waals surface area contributed by atoms with Gasteiger partial charge >= 0.3 is 0 Å². The third-order valence-electron chi connectivity index (χ3n) is 2.69. The van der Waals surface area contributed by atoms with Gasteiger partial charge in [-0.25, -0.2) is 0 Å². The topological polar surface area (TPSA) is 20.3 Å². The molecule has 0 radical (unpaired) electrons. The molecule has 1 unspecified atom stereocenters. The number of rotatable bonds is 1. The van der Waals surface area contributed by atoms with E-state index in [4.69, 9.17) is 0 Å². The molecule has 0 bridgehead atoms. The lowest BCUT2D eigenvalue weighted by Gasteiger charge is -2.34. The first-order valence-corrected chi connectivity index (χ1v) is 5.15. The molecule has 0 aromatic heterocycles. The van der Waals surface area contributed by atoms with E-state index < -0.39 is 0 Å². The SMILES string of the molecule is O=C1C(Br)CCN1C1CCC1. The molecule has 2 aliphatic rings. The Kier molecular flexibility index (Phi) is 1.91. The van der Waals surface area contributed by atoms with Crippen LogP contribution >= 0.6 is 15.9 Å². The fraction of sp³-hybridized carbons (Fsp3) is 0.875. The summed E-state index contributed by atoms with van der Waals surface area (Å²) in [4.78, 5) is 13.6. The maximum absolute atomic E-state index is 11.4. The number of carbonyl (C=O) groups is 1. The molecule has 1 saturated carbocycles. The Hall–Kier alpha value is -0.0500. The van der Waals surface area contributed by atoms with Crippen molar-refractivity contribution < 1.29 is 4.79 Å². The lowest BCUT2D eigenvalue weighted by Crippen LogP contribution is -2.41. The van der Waals surface area contributed by atoms with Crippen LogP contribution in [0.1, 0.15) is 25.7 Å². The predicted octanol–water partition coefficient (Wildman–Crippen LogP) is 1.53. The van der Waals surface area contributed by atoms with E-state index in [0.717, 1.165) is 13.0 Å². The van der Waals surface area contributed by atoms with E-state index in [1.165, 1.54) is 19.3 Å². The predicted molar refractivity (Wildman–Crippen MR) is 46.7 cm³/mol. The average Bonchev–Trinajstić information content (AvgIpc) is 2.15. The van der Waals surface area contributed by atoms with Crippen molar-refractivity contribution in [1.29, 1.82) is 0 Å². The minimum Gasteiger partial charge on any atom is -0.339 e. The third-order valence-corrected chi connectivity index (χ3v) is 3.54. The summed E-state index contributed by atoms with van der Waals surface area (Å²) in [6, 6.07) is 0.588. The van der Waals surface area contributed by atoms with Gasteiger partial charge < -0.3 is 4.90 Å². The van der Waals surface area contributed by atoms with E-state index in [9.17, 15) is 4.79 Å². The van der Waals surface area contributed by atoms with E-state index in [-0.39, 0.29) is 4.83 Å². The number of amides is 1. The van der Waals surface area contributed by atoms with Crippen LogP contribution in [0.2, 0.25) is 0 Å². The summed E-state index contributed by atoms with van der Waals surface area (Å²) < 4.78 is 0. The molecule has 2 fully saturated rings. The Morgan fingerprint density at radius 1 is 1.36 bits per heavy atom. The Labute approximate surface area is 75.1 Å². The molecule has 1 aliphatic carbocycles. The second-order valence-electron chi connectivity index (χ2n) is 3.37. The molecule has 1 atom stereocenters. The fourth-order valence-electron chi connectivity index (χ4n) is 1.73. The molecule has 0 N–H and O–H groups in total. The Morgan fingerprint density at radius 3 is 2.45 bits per heavy atom. The highest BCUT2D eigenvalue weighted by Gasteiger charge is 2.36. The summed E-state index contributed by atoms with van der Waals surface area (Å²) in [6.07, 6.45) is 4.76. The minimum atomic E-state index is 0.114. The van der Waals surface area contributed by atoms with Crippen LogP contribution in [0.3, 0.4) is 0 Å². The molecule has 1 aliphatic heterocycles. The standard InChI is InChI=1S/C8H12BrNO/c9-7-4-5-10(8(7)11)6-2-1-3-6/h6-7H,1-5H2. The van der Waals surface area contributed by atoms with Crippen LogP contribution in [-0.2, 0) is 4.79 Å². The molecule has 0 aromatic rings. The fourth-order valence-corrected chi connectivity index (χ4v) is 2.19. The molecule has 2 rings (SSSR count). The molecule has 1 heterocycles. The van der Waals surface area contributed by atoms with Gasteiger partial charge in [-0.15, -0.1) is 0 Å². The second-order valence-corrected chi connectivity index (χ2v) is 4.48. The van der Waals surface area contributed by atoms with Crippen molar-refractivity contribution in [2.75, 3.05) is 6.54 Å². The number of likely N-dealkylation sites (tertiary alicyclic amines) is 1.